The zero-order valence-electron chi connectivity index (χ0n) is 8.87. The van der Waals surface area contributed by atoms with Crippen LogP contribution in [-0.2, 0) is 9.59 Å². The van der Waals surface area contributed by atoms with Gasteiger partial charge in [0.25, 0.3) is 0 Å². The minimum absolute atomic E-state index is 0. The molecule has 2 rings (SSSR count). The molecular weight excluding hydrogens is 289 g/mol. The molecule has 17 heavy (non-hydrogen) atoms. The Morgan fingerprint density at radius 2 is 2.29 bits per heavy atom. The van der Waals surface area contributed by atoms with E-state index in [-0.39, 0.29) is 63.7 Å². The van der Waals surface area contributed by atoms with Gasteiger partial charge in [-0.2, -0.15) is 0 Å². The molecule has 1 atom stereocenters. The molecule has 0 spiro atoms. The van der Waals surface area contributed by atoms with Gasteiger partial charge in [0.05, 0.1) is 11.2 Å². The van der Waals surface area contributed by atoms with Gasteiger partial charge in [0.1, 0.15) is 5.24 Å². The van der Waals surface area contributed by atoms with Crippen LogP contribution in [0.3, 0.4) is 0 Å². The second kappa shape index (κ2) is 6.97. The molecule has 1 aliphatic heterocycles. The number of aromatic nitrogens is 1. The zero-order chi connectivity index (χ0) is 11.5. The molecule has 6 nitrogen and oxygen atoms in total. The van der Waals surface area contributed by atoms with Crippen molar-refractivity contribution in [3.8, 4) is 0 Å². The molecule has 0 aromatic carbocycles. The van der Waals surface area contributed by atoms with Crippen LogP contribution in [0.5, 0.6) is 0 Å². The molecule has 2 heterocycles. The smallest absolute Gasteiger partial charge is 0.585 e. The quantitative estimate of drug-likeness (QED) is 0.694. The maximum absolute atomic E-state index is 11.5. The summed E-state index contributed by atoms with van der Waals surface area (Å²) < 4.78 is 0. The number of imide groups is 1. The molecule has 0 saturated carbocycles. The van der Waals surface area contributed by atoms with Crippen LogP contribution >= 0.6 is 23.1 Å². The van der Waals surface area contributed by atoms with Crippen molar-refractivity contribution < 1.29 is 65.8 Å². The number of nitrogens with zero attached hydrogens (tertiary/aromatic N) is 2. The van der Waals surface area contributed by atoms with Crippen LogP contribution in [0.25, 0.3) is 5.32 Å². The second-order valence-electron chi connectivity index (χ2n) is 2.91. The Labute approximate surface area is 148 Å². The van der Waals surface area contributed by atoms with E-state index in [0.717, 1.165) is 11.8 Å². The Balaban J connectivity index is 0.00000144. The number of thioether (sulfide) groups is 1. The molecule has 1 N–H and O–H groups in total. The van der Waals surface area contributed by atoms with E-state index in [1.807, 2.05) is 0 Å². The Bertz CT molecular complexity index is 437. The van der Waals surface area contributed by atoms with Crippen LogP contribution in [-0.4, -0.2) is 27.3 Å². The first kappa shape index (κ1) is 15.3. The van der Waals surface area contributed by atoms with Crippen molar-refractivity contribution in [2.24, 2.45) is 0 Å². The van der Waals surface area contributed by atoms with Crippen molar-refractivity contribution >= 4 is 45.3 Å². The summed E-state index contributed by atoms with van der Waals surface area (Å²) in [7, 11) is 0. The molecule has 1 aromatic heterocycles. The number of carbonyl (C=O) groups is 3. The van der Waals surface area contributed by atoms with Gasteiger partial charge in [-0.1, -0.05) is 11.8 Å². The van der Waals surface area contributed by atoms with Gasteiger partial charge in [-0.25, -0.2) is 4.98 Å². The first-order valence-electron chi connectivity index (χ1n) is 4.30. The number of rotatable bonds is 3. The maximum atomic E-state index is 11.5. The number of hydrogen-bond donors (Lipinski definition) is 1. The van der Waals surface area contributed by atoms with Crippen LogP contribution in [0.15, 0.2) is 11.6 Å². The number of anilines is 1. The zero-order valence-corrected chi connectivity index (χ0v) is 13.6. The standard InChI is InChI=1S/C8H7N3O3S2.K/c12-5(10-7-9-1-2-15-7)3-4-6(13)11-8(14)16-4;/h1-2,4H,3H2,(H2,9,10,11,12,13,14);/q;+1/p-1. The van der Waals surface area contributed by atoms with Gasteiger partial charge in [0.15, 0.2) is 5.13 Å². The molecule has 0 radical (unpaired) electrons. The fourth-order valence-electron chi connectivity index (χ4n) is 1.11. The molecule has 9 heteroatoms. The topological polar surface area (TPSA) is 90.2 Å². The minimum Gasteiger partial charge on any atom is -0.585 e. The van der Waals surface area contributed by atoms with Gasteiger partial charge < -0.3 is 20.2 Å². The summed E-state index contributed by atoms with van der Waals surface area (Å²) in [5.74, 6) is -0.880. The third-order valence-corrected chi connectivity index (χ3v) is 3.40. The summed E-state index contributed by atoms with van der Waals surface area (Å²) in [4.78, 5) is 37.2. The van der Waals surface area contributed by atoms with E-state index in [1.165, 1.54) is 11.3 Å². The van der Waals surface area contributed by atoms with Crippen molar-refractivity contribution in [2.45, 2.75) is 11.7 Å². The van der Waals surface area contributed by atoms with Crippen LogP contribution in [0, 0.1) is 0 Å². The summed E-state index contributed by atoms with van der Waals surface area (Å²) in [5, 5.41) is 6.73. The summed E-state index contributed by atoms with van der Waals surface area (Å²) in [5.41, 5.74) is 0. The summed E-state index contributed by atoms with van der Waals surface area (Å²) >= 11 is 2.07. The van der Waals surface area contributed by atoms with Gasteiger partial charge in [-0.05, 0) is 0 Å². The fourth-order valence-corrected chi connectivity index (χ4v) is 2.43. The van der Waals surface area contributed by atoms with E-state index < -0.39 is 16.4 Å². The summed E-state index contributed by atoms with van der Waals surface area (Å²) in [6.45, 7) is 0. The predicted octanol–water partition coefficient (Wildman–Crippen LogP) is -1.39. The number of nitrogens with one attached hydrogen (secondary N) is 1. The molecule has 0 aliphatic carbocycles. The molecule has 1 unspecified atom stereocenters. The van der Waals surface area contributed by atoms with E-state index >= 15 is 0 Å². The van der Waals surface area contributed by atoms with Crippen molar-refractivity contribution in [3.05, 3.63) is 16.9 Å². The summed E-state index contributed by atoms with van der Waals surface area (Å²) in [6.07, 6.45) is 1.51. The molecule has 1 fully saturated rings. The van der Waals surface area contributed by atoms with Gasteiger partial charge in [0.2, 0.25) is 5.91 Å². The minimum atomic E-state index is -0.688. The van der Waals surface area contributed by atoms with Gasteiger partial charge in [0, 0.05) is 18.0 Å². The van der Waals surface area contributed by atoms with E-state index in [9.17, 15) is 14.4 Å². The Morgan fingerprint density at radius 3 is 2.82 bits per heavy atom. The van der Waals surface area contributed by atoms with Crippen LogP contribution < -0.4 is 56.7 Å². The SMILES string of the molecule is O=C(CC1SC(=O)[N-]C1=O)Nc1nccs1.[K+]. The van der Waals surface area contributed by atoms with Crippen LogP contribution in [0.2, 0.25) is 0 Å². The van der Waals surface area contributed by atoms with E-state index in [1.54, 1.807) is 11.6 Å². The van der Waals surface area contributed by atoms with Crippen LogP contribution in [0.1, 0.15) is 6.42 Å². The third kappa shape index (κ3) is 4.43. The Kier molecular flexibility index (Phi) is 6.27. The molecule has 3 amide bonds. The molecule has 1 saturated heterocycles. The number of amides is 3. The molecule has 0 bridgehead atoms. The average Bonchev–Trinajstić information content (AvgIpc) is 2.78. The van der Waals surface area contributed by atoms with E-state index in [4.69, 9.17) is 0 Å². The number of thiazole rings is 1. The largest absolute Gasteiger partial charge is 1.00 e. The van der Waals surface area contributed by atoms with E-state index in [0.29, 0.717) is 5.13 Å². The summed E-state index contributed by atoms with van der Waals surface area (Å²) in [6, 6.07) is 0. The van der Waals surface area contributed by atoms with Crippen molar-refractivity contribution in [2.75, 3.05) is 5.32 Å². The molecule has 84 valence electrons. The van der Waals surface area contributed by atoms with Crippen molar-refractivity contribution in [1.82, 2.24) is 4.98 Å². The Hall–Kier alpha value is 0.226. The van der Waals surface area contributed by atoms with Gasteiger partial charge >= 0.3 is 51.4 Å². The molecular formula is C8H6KN3O3S2. The van der Waals surface area contributed by atoms with Crippen molar-refractivity contribution in [1.29, 1.82) is 0 Å². The third-order valence-electron chi connectivity index (χ3n) is 1.77. The maximum Gasteiger partial charge on any atom is 1.00 e. The average molecular weight is 295 g/mol. The number of carbonyl (C=O) groups excluding carboxylic acids is 3. The fraction of sp³-hybridized carbons (Fsp3) is 0.250. The normalized spacial score (nSPS) is 18.5. The van der Waals surface area contributed by atoms with Crippen molar-refractivity contribution in [3.63, 3.8) is 0 Å². The van der Waals surface area contributed by atoms with Gasteiger partial charge in [-0.15, -0.1) is 11.3 Å². The number of hydrogen-bond acceptors (Lipinski definition) is 6. The molecule has 1 aromatic rings. The Morgan fingerprint density at radius 1 is 1.53 bits per heavy atom. The predicted molar refractivity (Wildman–Crippen MR) is 60.5 cm³/mol. The monoisotopic (exact) mass is 295 g/mol. The molecule has 1 aliphatic rings. The van der Waals surface area contributed by atoms with Gasteiger partial charge in [-0.3, -0.25) is 4.79 Å². The van der Waals surface area contributed by atoms with Crippen LogP contribution in [0.4, 0.5) is 9.93 Å². The second-order valence-corrected chi connectivity index (χ2v) is 4.96. The van der Waals surface area contributed by atoms with E-state index in [2.05, 4.69) is 15.6 Å². The first-order valence-corrected chi connectivity index (χ1v) is 6.06. The first-order chi connectivity index (χ1) is 7.65.